The van der Waals surface area contributed by atoms with E-state index in [9.17, 15) is 15.3 Å². The van der Waals surface area contributed by atoms with Gasteiger partial charge in [-0.05, 0) is 65.3 Å². The quantitative estimate of drug-likeness (QED) is 0.552. The summed E-state index contributed by atoms with van der Waals surface area (Å²) >= 11 is 0. The Hall–Kier alpha value is -2.38. The Balaban J connectivity index is 1.91. The van der Waals surface area contributed by atoms with Crippen molar-refractivity contribution in [1.29, 1.82) is 0 Å². The maximum absolute atomic E-state index is 10.4. The standard InChI is InChI=1S/C25H30O6/c1-12(2)20-16-10-9-15(29-5)11-18(16)13(3)21-17(20)7-6-8-19(21)31-25-24(28)23(27)22(26)14(4)30-25/h6-12,14,22-28H,1-5H3. The van der Waals surface area contributed by atoms with Crippen LogP contribution in [-0.4, -0.2) is 53.1 Å². The summed E-state index contributed by atoms with van der Waals surface area (Å²) in [4.78, 5) is 0. The maximum Gasteiger partial charge on any atom is 0.229 e. The first-order chi connectivity index (χ1) is 14.7. The number of hydrogen-bond donors (Lipinski definition) is 3. The molecule has 1 fully saturated rings. The zero-order chi connectivity index (χ0) is 22.4. The van der Waals surface area contributed by atoms with Crippen molar-refractivity contribution in [2.45, 2.75) is 64.3 Å². The van der Waals surface area contributed by atoms with E-state index in [2.05, 4.69) is 26.0 Å². The third-order valence-electron chi connectivity index (χ3n) is 6.24. The van der Waals surface area contributed by atoms with Crippen molar-refractivity contribution < 1.29 is 29.5 Å². The fraction of sp³-hybridized carbons (Fsp3) is 0.440. The van der Waals surface area contributed by atoms with E-state index in [1.165, 1.54) is 10.9 Å². The monoisotopic (exact) mass is 426 g/mol. The normalized spacial score (nSPS) is 26.5. The summed E-state index contributed by atoms with van der Waals surface area (Å²) in [5, 5.41) is 34.8. The molecule has 1 aliphatic rings. The predicted octanol–water partition coefficient (Wildman–Crippen LogP) is 3.64. The Morgan fingerprint density at radius 2 is 1.68 bits per heavy atom. The lowest BCUT2D eigenvalue weighted by atomic mass is 9.87. The first-order valence-corrected chi connectivity index (χ1v) is 10.6. The van der Waals surface area contributed by atoms with E-state index in [4.69, 9.17) is 14.2 Å². The molecule has 4 rings (SSSR count). The van der Waals surface area contributed by atoms with Gasteiger partial charge in [0.25, 0.3) is 0 Å². The molecule has 0 aliphatic carbocycles. The number of methoxy groups -OCH3 is 1. The van der Waals surface area contributed by atoms with Crippen molar-refractivity contribution >= 4 is 21.5 Å². The fourth-order valence-electron chi connectivity index (χ4n) is 4.57. The second-order valence-corrected chi connectivity index (χ2v) is 8.58. The minimum absolute atomic E-state index is 0.266. The van der Waals surface area contributed by atoms with Crippen LogP contribution in [0.25, 0.3) is 21.5 Å². The molecular weight excluding hydrogens is 396 g/mol. The number of benzene rings is 3. The Morgan fingerprint density at radius 3 is 2.35 bits per heavy atom. The van der Waals surface area contributed by atoms with Crippen LogP contribution in [0.5, 0.6) is 11.5 Å². The number of ether oxygens (including phenoxy) is 3. The van der Waals surface area contributed by atoms with Crippen molar-refractivity contribution in [2.75, 3.05) is 7.11 Å². The van der Waals surface area contributed by atoms with E-state index >= 15 is 0 Å². The Labute approximate surface area is 182 Å². The van der Waals surface area contributed by atoms with Gasteiger partial charge in [0.05, 0.1) is 13.2 Å². The van der Waals surface area contributed by atoms with Crippen molar-refractivity contribution in [3.8, 4) is 11.5 Å². The molecule has 0 amide bonds. The third kappa shape index (κ3) is 3.64. The highest BCUT2D eigenvalue weighted by Gasteiger charge is 2.43. The second kappa shape index (κ2) is 8.28. The van der Waals surface area contributed by atoms with Crippen LogP contribution in [0.1, 0.15) is 37.8 Å². The molecule has 0 aromatic heterocycles. The summed E-state index contributed by atoms with van der Waals surface area (Å²) < 4.78 is 17.2. The topological polar surface area (TPSA) is 88.4 Å². The lowest BCUT2D eigenvalue weighted by Gasteiger charge is -2.39. The van der Waals surface area contributed by atoms with Crippen LogP contribution in [0.4, 0.5) is 0 Å². The number of rotatable bonds is 4. The van der Waals surface area contributed by atoms with E-state index in [1.807, 2.05) is 31.2 Å². The van der Waals surface area contributed by atoms with Gasteiger partial charge in [0.2, 0.25) is 6.29 Å². The van der Waals surface area contributed by atoms with Gasteiger partial charge in [-0.15, -0.1) is 0 Å². The average molecular weight is 427 g/mol. The number of aliphatic hydroxyl groups excluding tert-OH is 3. The molecule has 0 saturated carbocycles. The molecule has 5 unspecified atom stereocenters. The van der Waals surface area contributed by atoms with Crippen LogP contribution >= 0.6 is 0 Å². The fourth-order valence-corrected chi connectivity index (χ4v) is 4.57. The molecular formula is C25H30O6. The summed E-state index contributed by atoms with van der Waals surface area (Å²) in [6.45, 7) is 8.01. The zero-order valence-corrected chi connectivity index (χ0v) is 18.5. The number of aliphatic hydroxyl groups is 3. The van der Waals surface area contributed by atoms with Crippen molar-refractivity contribution in [2.24, 2.45) is 0 Å². The molecule has 0 spiro atoms. The molecule has 3 N–H and O–H groups in total. The van der Waals surface area contributed by atoms with Gasteiger partial charge in [-0.3, -0.25) is 0 Å². The van der Waals surface area contributed by atoms with Crippen LogP contribution in [0, 0.1) is 6.92 Å². The molecule has 31 heavy (non-hydrogen) atoms. The van der Waals surface area contributed by atoms with Crippen LogP contribution < -0.4 is 9.47 Å². The van der Waals surface area contributed by atoms with Crippen LogP contribution in [0.2, 0.25) is 0 Å². The Bertz CT molecular complexity index is 1110. The highest BCUT2D eigenvalue weighted by Crippen LogP contribution is 2.42. The minimum atomic E-state index is -1.37. The van der Waals surface area contributed by atoms with Crippen molar-refractivity contribution in [3.63, 3.8) is 0 Å². The molecule has 0 radical (unpaired) electrons. The molecule has 1 heterocycles. The molecule has 166 valence electrons. The summed E-state index contributed by atoms with van der Waals surface area (Å²) in [7, 11) is 1.65. The predicted molar refractivity (Wildman–Crippen MR) is 120 cm³/mol. The van der Waals surface area contributed by atoms with E-state index in [0.717, 1.165) is 27.5 Å². The number of hydrogen-bond acceptors (Lipinski definition) is 6. The first kappa shape index (κ1) is 21.8. The van der Waals surface area contributed by atoms with Crippen molar-refractivity contribution in [1.82, 2.24) is 0 Å². The Kier molecular flexibility index (Phi) is 5.83. The second-order valence-electron chi connectivity index (χ2n) is 8.58. The van der Waals surface area contributed by atoms with E-state index in [1.54, 1.807) is 14.0 Å². The van der Waals surface area contributed by atoms with Crippen LogP contribution in [0.3, 0.4) is 0 Å². The van der Waals surface area contributed by atoms with Gasteiger partial charge in [-0.2, -0.15) is 0 Å². The first-order valence-electron chi connectivity index (χ1n) is 10.6. The van der Waals surface area contributed by atoms with Gasteiger partial charge < -0.3 is 29.5 Å². The summed E-state index contributed by atoms with van der Waals surface area (Å²) in [6.07, 6.45) is -5.65. The lowest BCUT2D eigenvalue weighted by Crippen LogP contribution is -2.58. The van der Waals surface area contributed by atoms with E-state index in [0.29, 0.717) is 5.75 Å². The van der Waals surface area contributed by atoms with Gasteiger partial charge in [-0.25, -0.2) is 0 Å². The van der Waals surface area contributed by atoms with Gasteiger partial charge >= 0.3 is 0 Å². The highest BCUT2D eigenvalue weighted by atomic mass is 16.7. The number of aryl methyl sites for hydroxylation is 1. The summed E-state index contributed by atoms with van der Waals surface area (Å²) in [5.41, 5.74) is 2.24. The summed E-state index contributed by atoms with van der Waals surface area (Å²) in [6, 6.07) is 11.9. The van der Waals surface area contributed by atoms with Crippen LogP contribution in [0.15, 0.2) is 36.4 Å². The maximum atomic E-state index is 10.4. The van der Waals surface area contributed by atoms with E-state index < -0.39 is 30.7 Å². The molecule has 0 bridgehead atoms. The van der Waals surface area contributed by atoms with Gasteiger partial charge in [0.1, 0.15) is 29.8 Å². The molecule has 3 aromatic carbocycles. The van der Waals surface area contributed by atoms with Crippen LogP contribution in [-0.2, 0) is 4.74 Å². The molecule has 6 heteroatoms. The van der Waals surface area contributed by atoms with Gasteiger partial charge in [0.15, 0.2) is 0 Å². The smallest absolute Gasteiger partial charge is 0.229 e. The molecule has 1 saturated heterocycles. The lowest BCUT2D eigenvalue weighted by molar-refractivity contribution is -0.267. The van der Waals surface area contributed by atoms with Gasteiger partial charge in [-0.1, -0.05) is 32.0 Å². The molecule has 6 nitrogen and oxygen atoms in total. The SMILES string of the molecule is COc1ccc2c(C(C)C)c3cccc(OC4OC(C)C(O)C(O)C4O)c3c(C)c2c1. The largest absolute Gasteiger partial charge is 0.497 e. The molecule has 3 aromatic rings. The third-order valence-corrected chi connectivity index (χ3v) is 6.24. The zero-order valence-electron chi connectivity index (χ0n) is 18.5. The minimum Gasteiger partial charge on any atom is -0.497 e. The number of fused-ring (bicyclic) bond motifs is 2. The highest BCUT2D eigenvalue weighted by molar-refractivity contribution is 6.08. The molecule has 1 aliphatic heterocycles. The molecule has 5 atom stereocenters. The Morgan fingerprint density at radius 1 is 0.935 bits per heavy atom. The average Bonchev–Trinajstić information content (AvgIpc) is 2.75. The summed E-state index contributed by atoms with van der Waals surface area (Å²) in [5.74, 6) is 1.60. The van der Waals surface area contributed by atoms with Crippen molar-refractivity contribution in [3.05, 3.63) is 47.5 Å². The van der Waals surface area contributed by atoms with E-state index in [-0.39, 0.29) is 5.92 Å². The van der Waals surface area contributed by atoms with Gasteiger partial charge in [0, 0.05) is 5.39 Å².